The zero-order valence-electron chi connectivity index (χ0n) is 13.5. The molecule has 1 heterocycles. The number of anilines is 1. The number of carbonyl (C=O) groups excluding carboxylic acids is 2. The van der Waals surface area contributed by atoms with Crippen LogP contribution < -0.4 is 10.2 Å². The maximum Gasteiger partial charge on any atom is 0.239 e. The lowest BCUT2D eigenvalue weighted by Gasteiger charge is -2.19. The molecule has 1 aliphatic heterocycles. The summed E-state index contributed by atoms with van der Waals surface area (Å²) in [7, 11) is 0. The third kappa shape index (κ3) is 3.44. The molecule has 3 rings (SSSR count). The number of benzene rings is 2. The van der Waals surface area contributed by atoms with Crippen molar-refractivity contribution in [1.82, 2.24) is 5.32 Å². The standard InChI is InChI=1S/C19H19ClN2O2/c1-13-7-8-15(20)11-17(13)22-10-9-16(19(22)24)18(23)21-12-14-5-3-2-4-6-14/h2-8,11,16H,9-10,12H2,1H3,(H,21,23). The van der Waals surface area contributed by atoms with E-state index in [0.717, 1.165) is 16.8 Å². The SMILES string of the molecule is Cc1ccc(Cl)cc1N1CCC(C(=O)NCc2ccccc2)C1=O. The Morgan fingerprint density at radius 1 is 1.25 bits per heavy atom. The average Bonchev–Trinajstić information content (AvgIpc) is 2.97. The highest BCUT2D eigenvalue weighted by Gasteiger charge is 2.37. The molecule has 2 aromatic carbocycles. The molecule has 1 N–H and O–H groups in total. The Labute approximate surface area is 146 Å². The number of nitrogens with zero attached hydrogens (tertiary/aromatic N) is 1. The van der Waals surface area contributed by atoms with Gasteiger partial charge in [0.25, 0.3) is 0 Å². The van der Waals surface area contributed by atoms with E-state index in [-0.39, 0.29) is 11.8 Å². The van der Waals surface area contributed by atoms with Crippen LogP contribution in [0.1, 0.15) is 17.5 Å². The molecule has 2 aromatic rings. The summed E-state index contributed by atoms with van der Waals surface area (Å²) < 4.78 is 0. The van der Waals surface area contributed by atoms with Gasteiger partial charge >= 0.3 is 0 Å². The van der Waals surface area contributed by atoms with Crippen LogP contribution in [0.25, 0.3) is 0 Å². The summed E-state index contributed by atoms with van der Waals surface area (Å²) in [5.74, 6) is -1.01. The van der Waals surface area contributed by atoms with Gasteiger partial charge in [0.1, 0.15) is 5.92 Å². The van der Waals surface area contributed by atoms with Gasteiger partial charge in [-0.1, -0.05) is 48.0 Å². The van der Waals surface area contributed by atoms with Gasteiger partial charge in [-0.3, -0.25) is 9.59 Å². The van der Waals surface area contributed by atoms with E-state index >= 15 is 0 Å². The Kier molecular flexibility index (Phi) is 4.86. The summed E-state index contributed by atoms with van der Waals surface area (Å²) >= 11 is 6.04. The predicted molar refractivity (Wildman–Crippen MR) is 94.9 cm³/mol. The van der Waals surface area contributed by atoms with Crippen LogP contribution in [0.3, 0.4) is 0 Å². The van der Waals surface area contributed by atoms with E-state index in [0.29, 0.717) is 24.5 Å². The van der Waals surface area contributed by atoms with E-state index in [1.54, 1.807) is 17.0 Å². The van der Waals surface area contributed by atoms with Gasteiger partial charge in [-0.15, -0.1) is 0 Å². The molecule has 0 spiro atoms. The fourth-order valence-electron chi connectivity index (χ4n) is 2.94. The first kappa shape index (κ1) is 16.5. The fourth-order valence-corrected chi connectivity index (χ4v) is 3.11. The lowest BCUT2D eigenvalue weighted by Crippen LogP contribution is -2.36. The molecule has 4 nitrogen and oxygen atoms in total. The Hall–Kier alpha value is -2.33. The van der Waals surface area contributed by atoms with E-state index < -0.39 is 5.92 Å². The summed E-state index contributed by atoms with van der Waals surface area (Å²) in [5, 5.41) is 3.44. The topological polar surface area (TPSA) is 49.4 Å². The molecule has 0 radical (unpaired) electrons. The Morgan fingerprint density at radius 2 is 2.00 bits per heavy atom. The van der Waals surface area contributed by atoms with Crippen molar-refractivity contribution in [3.63, 3.8) is 0 Å². The zero-order valence-corrected chi connectivity index (χ0v) is 14.2. The maximum absolute atomic E-state index is 12.6. The number of hydrogen-bond donors (Lipinski definition) is 1. The number of carbonyl (C=O) groups is 2. The molecule has 1 saturated heterocycles. The van der Waals surface area contributed by atoms with E-state index in [9.17, 15) is 9.59 Å². The molecular formula is C19H19ClN2O2. The molecule has 124 valence electrons. The van der Waals surface area contributed by atoms with Gasteiger partial charge in [0.05, 0.1) is 0 Å². The molecule has 2 amide bonds. The minimum atomic E-state index is -0.632. The number of rotatable bonds is 4. The fraction of sp³-hybridized carbons (Fsp3) is 0.263. The minimum Gasteiger partial charge on any atom is -0.351 e. The average molecular weight is 343 g/mol. The maximum atomic E-state index is 12.6. The van der Waals surface area contributed by atoms with Gasteiger partial charge in [0.15, 0.2) is 0 Å². The summed E-state index contributed by atoms with van der Waals surface area (Å²) in [6.07, 6.45) is 0.519. The quantitative estimate of drug-likeness (QED) is 0.866. The molecule has 1 fully saturated rings. The molecule has 24 heavy (non-hydrogen) atoms. The lowest BCUT2D eigenvalue weighted by molar-refractivity contribution is -0.132. The molecule has 0 aliphatic carbocycles. The highest BCUT2D eigenvalue weighted by molar-refractivity contribution is 6.31. The van der Waals surface area contributed by atoms with Crippen LogP contribution in [0, 0.1) is 12.8 Å². The van der Waals surface area contributed by atoms with Gasteiger partial charge < -0.3 is 10.2 Å². The van der Waals surface area contributed by atoms with E-state index in [4.69, 9.17) is 11.6 Å². The number of halogens is 1. The van der Waals surface area contributed by atoms with Gasteiger partial charge in [-0.25, -0.2) is 0 Å². The van der Waals surface area contributed by atoms with Crippen LogP contribution in [-0.2, 0) is 16.1 Å². The van der Waals surface area contributed by atoms with Crippen molar-refractivity contribution in [3.05, 3.63) is 64.7 Å². The first-order chi connectivity index (χ1) is 11.6. The Morgan fingerprint density at radius 3 is 2.75 bits per heavy atom. The first-order valence-electron chi connectivity index (χ1n) is 7.95. The molecule has 1 atom stereocenters. The Bertz CT molecular complexity index is 761. The molecule has 0 bridgehead atoms. The minimum absolute atomic E-state index is 0.161. The van der Waals surface area contributed by atoms with Crippen molar-refractivity contribution in [1.29, 1.82) is 0 Å². The summed E-state index contributed by atoms with van der Waals surface area (Å²) in [6, 6.07) is 15.1. The van der Waals surface area contributed by atoms with E-state index in [2.05, 4.69) is 5.32 Å². The second-order valence-corrected chi connectivity index (χ2v) is 6.40. The van der Waals surface area contributed by atoms with Crippen LogP contribution in [0.2, 0.25) is 5.02 Å². The van der Waals surface area contributed by atoms with Crippen molar-refractivity contribution < 1.29 is 9.59 Å². The van der Waals surface area contributed by atoms with Gasteiger partial charge in [-0.2, -0.15) is 0 Å². The lowest BCUT2D eigenvalue weighted by atomic mass is 10.1. The van der Waals surface area contributed by atoms with Crippen molar-refractivity contribution in [2.75, 3.05) is 11.4 Å². The van der Waals surface area contributed by atoms with Gasteiger partial charge in [0.2, 0.25) is 11.8 Å². The van der Waals surface area contributed by atoms with Gasteiger partial charge in [-0.05, 0) is 36.6 Å². The highest BCUT2D eigenvalue weighted by Crippen LogP contribution is 2.30. The number of hydrogen-bond acceptors (Lipinski definition) is 2. The van der Waals surface area contributed by atoms with Crippen molar-refractivity contribution in [2.45, 2.75) is 19.9 Å². The predicted octanol–water partition coefficient (Wildman–Crippen LogP) is 3.32. The molecule has 1 unspecified atom stereocenters. The second kappa shape index (κ2) is 7.05. The number of aryl methyl sites for hydroxylation is 1. The third-order valence-electron chi connectivity index (χ3n) is 4.29. The Balaban J connectivity index is 1.67. The van der Waals surface area contributed by atoms with E-state index in [1.807, 2.05) is 43.3 Å². The smallest absolute Gasteiger partial charge is 0.239 e. The first-order valence-corrected chi connectivity index (χ1v) is 8.33. The van der Waals surface area contributed by atoms with Crippen molar-refractivity contribution in [3.8, 4) is 0 Å². The normalized spacial score (nSPS) is 17.2. The monoisotopic (exact) mass is 342 g/mol. The second-order valence-electron chi connectivity index (χ2n) is 5.97. The van der Waals surface area contributed by atoms with Crippen LogP contribution >= 0.6 is 11.6 Å². The number of amides is 2. The molecule has 5 heteroatoms. The number of nitrogens with one attached hydrogen (secondary N) is 1. The van der Waals surface area contributed by atoms with Crippen molar-refractivity contribution in [2.24, 2.45) is 5.92 Å². The summed E-state index contributed by atoms with van der Waals surface area (Å²) in [6.45, 7) is 2.89. The zero-order chi connectivity index (χ0) is 17.1. The van der Waals surface area contributed by atoms with Crippen LogP contribution in [0.5, 0.6) is 0 Å². The molecule has 1 aliphatic rings. The molecule has 0 aromatic heterocycles. The summed E-state index contributed by atoms with van der Waals surface area (Å²) in [5.41, 5.74) is 2.77. The van der Waals surface area contributed by atoms with Crippen LogP contribution in [-0.4, -0.2) is 18.4 Å². The third-order valence-corrected chi connectivity index (χ3v) is 4.53. The summed E-state index contributed by atoms with van der Waals surface area (Å²) in [4.78, 5) is 26.7. The van der Waals surface area contributed by atoms with Crippen LogP contribution in [0.15, 0.2) is 48.5 Å². The molecular weight excluding hydrogens is 324 g/mol. The van der Waals surface area contributed by atoms with Gasteiger partial charge in [0, 0.05) is 23.8 Å². The van der Waals surface area contributed by atoms with Crippen molar-refractivity contribution >= 4 is 29.1 Å². The van der Waals surface area contributed by atoms with Crippen LogP contribution in [0.4, 0.5) is 5.69 Å². The van der Waals surface area contributed by atoms with E-state index in [1.165, 1.54) is 0 Å². The highest BCUT2D eigenvalue weighted by atomic mass is 35.5. The largest absolute Gasteiger partial charge is 0.351 e. The molecule has 0 saturated carbocycles.